The van der Waals surface area contributed by atoms with E-state index in [-0.39, 0.29) is 0 Å². The first-order valence-electron chi connectivity index (χ1n) is 4.27. The van der Waals surface area contributed by atoms with Gasteiger partial charge in [0.15, 0.2) is 11.3 Å². The molecule has 0 radical (unpaired) electrons. The predicted octanol–water partition coefficient (Wildman–Crippen LogP) is 4.01. The quantitative estimate of drug-likeness (QED) is 0.756. The average molecular weight is 239 g/mol. The predicted molar refractivity (Wildman–Crippen MR) is 61.2 cm³/mol. The van der Waals surface area contributed by atoms with Gasteiger partial charge < -0.3 is 4.74 Å². The Balaban J connectivity index is 2.22. The van der Waals surface area contributed by atoms with Crippen molar-refractivity contribution in [2.45, 2.75) is 0 Å². The number of aldehydes is 1. The highest BCUT2D eigenvalue weighted by atomic mass is 35.5. The third kappa shape index (κ3) is 2.37. The highest BCUT2D eigenvalue weighted by Crippen LogP contribution is 2.32. The van der Waals surface area contributed by atoms with Gasteiger partial charge in [0, 0.05) is 0 Å². The van der Waals surface area contributed by atoms with Gasteiger partial charge in [-0.15, -0.1) is 0 Å². The Labute approximate surface area is 96.1 Å². The topological polar surface area (TPSA) is 26.3 Å². The molecule has 0 aliphatic rings. The first-order valence-corrected chi connectivity index (χ1v) is 5.46. The number of thiophene rings is 1. The van der Waals surface area contributed by atoms with Crippen molar-refractivity contribution in [1.82, 2.24) is 0 Å². The van der Waals surface area contributed by atoms with E-state index in [1.807, 2.05) is 12.1 Å². The van der Waals surface area contributed by atoms with Gasteiger partial charge in [0.2, 0.25) is 0 Å². The largest absolute Gasteiger partial charge is 0.445 e. The summed E-state index contributed by atoms with van der Waals surface area (Å²) in [6, 6.07) is 10.7. The molecule has 2 rings (SSSR count). The summed E-state index contributed by atoms with van der Waals surface area (Å²) in [5.41, 5.74) is 0. The van der Waals surface area contributed by atoms with Gasteiger partial charge in [-0.1, -0.05) is 35.1 Å². The molecule has 0 bridgehead atoms. The molecule has 1 heterocycles. The molecule has 0 aliphatic heterocycles. The van der Waals surface area contributed by atoms with Crippen LogP contribution in [0.5, 0.6) is 10.8 Å². The van der Waals surface area contributed by atoms with Crippen molar-refractivity contribution in [2.24, 2.45) is 0 Å². The molecule has 76 valence electrons. The van der Waals surface area contributed by atoms with E-state index in [9.17, 15) is 4.79 Å². The highest BCUT2D eigenvalue weighted by Gasteiger charge is 2.04. The van der Waals surface area contributed by atoms with Crippen LogP contribution < -0.4 is 4.74 Å². The van der Waals surface area contributed by atoms with Crippen molar-refractivity contribution in [3.63, 3.8) is 0 Å². The molecule has 0 unspecified atom stereocenters. The second-order valence-corrected chi connectivity index (χ2v) is 4.29. The van der Waals surface area contributed by atoms with Crippen LogP contribution in [0.4, 0.5) is 0 Å². The van der Waals surface area contributed by atoms with Crippen LogP contribution in [-0.4, -0.2) is 6.29 Å². The van der Waals surface area contributed by atoms with Crippen LogP contribution in [-0.2, 0) is 0 Å². The van der Waals surface area contributed by atoms with Crippen molar-refractivity contribution in [3.05, 3.63) is 46.3 Å². The van der Waals surface area contributed by atoms with Crippen molar-refractivity contribution >= 4 is 29.2 Å². The molecule has 4 heteroatoms. The van der Waals surface area contributed by atoms with Crippen molar-refractivity contribution in [3.8, 4) is 10.8 Å². The summed E-state index contributed by atoms with van der Waals surface area (Å²) < 4.78 is 5.52. The molecule has 2 aromatic rings. The minimum Gasteiger partial charge on any atom is -0.445 e. The smallest absolute Gasteiger partial charge is 0.181 e. The van der Waals surface area contributed by atoms with Gasteiger partial charge in [-0.05, 0) is 24.3 Å². The van der Waals surface area contributed by atoms with E-state index in [1.54, 1.807) is 24.3 Å². The number of benzene rings is 1. The summed E-state index contributed by atoms with van der Waals surface area (Å²) in [5.74, 6) is 0.596. The van der Waals surface area contributed by atoms with Crippen LogP contribution in [0, 0.1) is 0 Å². The molecule has 0 fully saturated rings. The molecule has 0 saturated carbocycles. The molecule has 1 aromatic carbocycles. The standard InChI is InChI=1S/C11H7ClO2S/c12-9-3-1-2-4-10(9)14-11-6-5-8(7-13)15-11/h1-7H. The van der Waals surface area contributed by atoms with E-state index in [0.29, 0.717) is 20.7 Å². The number of halogens is 1. The number of hydrogen-bond acceptors (Lipinski definition) is 3. The van der Waals surface area contributed by atoms with E-state index < -0.39 is 0 Å². The molecule has 0 spiro atoms. The Hall–Kier alpha value is -1.32. The minimum atomic E-state index is 0.554. The number of hydrogen-bond donors (Lipinski definition) is 0. The van der Waals surface area contributed by atoms with Gasteiger partial charge in [-0.3, -0.25) is 4.79 Å². The lowest BCUT2D eigenvalue weighted by Gasteiger charge is -2.03. The van der Waals surface area contributed by atoms with Gasteiger partial charge in [0.25, 0.3) is 0 Å². The Kier molecular flexibility index (Phi) is 3.04. The summed E-state index contributed by atoms with van der Waals surface area (Å²) in [6.07, 6.45) is 0.796. The van der Waals surface area contributed by atoms with E-state index in [2.05, 4.69) is 0 Å². The second-order valence-electron chi connectivity index (χ2n) is 2.81. The zero-order valence-electron chi connectivity index (χ0n) is 7.64. The zero-order valence-corrected chi connectivity index (χ0v) is 9.22. The number of ether oxygens (including phenoxy) is 1. The monoisotopic (exact) mass is 238 g/mol. The van der Waals surface area contributed by atoms with E-state index in [1.165, 1.54) is 11.3 Å². The Morgan fingerprint density at radius 3 is 2.67 bits per heavy atom. The lowest BCUT2D eigenvalue weighted by atomic mass is 10.3. The molecule has 15 heavy (non-hydrogen) atoms. The van der Waals surface area contributed by atoms with Crippen LogP contribution >= 0.6 is 22.9 Å². The second kappa shape index (κ2) is 4.47. The average Bonchev–Trinajstić information content (AvgIpc) is 2.69. The van der Waals surface area contributed by atoms with Crippen LogP contribution in [0.15, 0.2) is 36.4 Å². The number of para-hydroxylation sites is 1. The summed E-state index contributed by atoms with van der Waals surface area (Å²) in [7, 11) is 0. The fourth-order valence-electron chi connectivity index (χ4n) is 1.09. The number of carbonyl (C=O) groups excluding carboxylic acids is 1. The summed E-state index contributed by atoms with van der Waals surface area (Å²) in [5, 5.41) is 1.21. The maximum atomic E-state index is 10.5. The van der Waals surface area contributed by atoms with Crippen LogP contribution in [0.2, 0.25) is 5.02 Å². The van der Waals surface area contributed by atoms with Gasteiger partial charge in [-0.2, -0.15) is 0 Å². The fourth-order valence-corrected chi connectivity index (χ4v) is 1.95. The molecule has 2 nitrogen and oxygen atoms in total. The van der Waals surface area contributed by atoms with E-state index in [4.69, 9.17) is 16.3 Å². The van der Waals surface area contributed by atoms with Gasteiger partial charge in [-0.25, -0.2) is 0 Å². The van der Waals surface area contributed by atoms with Crippen LogP contribution in [0.1, 0.15) is 9.67 Å². The SMILES string of the molecule is O=Cc1ccc(Oc2ccccc2Cl)s1. The molecule has 0 amide bonds. The van der Waals surface area contributed by atoms with E-state index in [0.717, 1.165) is 6.29 Å². The van der Waals surface area contributed by atoms with Crippen molar-refractivity contribution < 1.29 is 9.53 Å². The van der Waals surface area contributed by atoms with Crippen molar-refractivity contribution in [2.75, 3.05) is 0 Å². The lowest BCUT2D eigenvalue weighted by Crippen LogP contribution is -1.80. The Morgan fingerprint density at radius 1 is 1.20 bits per heavy atom. The van der Waals surface area contributed by atoms with Gasteiger partial charge in [0.05, 0.1) is 9.90 Å². The summed E-state index contributed by atoms with van der Waals surface area (Å²) >= 11 is 7.21. The zero-order chi connectivity index (χ0) is 10.7. The summed E-state index contributed by atoms with van der Waals surface area (Å²) in [6.45, 7) is 0. The molecular weight excluding hydrogens is 232 g/mol. The van der Waals surface area contributed by atoms with Gasteiger partial charge in [0.1, 0.15) is 5.75 Å². The van der Waals surface area contributed by atoms with Crippen LogP contribution in [0.3, 0.4) is 0 Å². The minimum absolute atomic E-state index is 0.554. The van der Waals surface area contributed by atoms with Gasteiger partial charge >= 0.3 is 0 Å². The van der Waals surface area contributed by atoms with E-state index >= 15 is 0 Å². The third-order valence-corrected chi connectivity index (χ3v) is 2.97. The number of rotatable bonds is 3. The molecular formula is C11H7ClO2S. The highest BCUT2D eigenvalue weighted by molar-refractivity contribution is 7.15. The maximum Gasteiger partial charge on any atom is 0.181 e. The van der Waals surface area contributed by atoms with Crippen molar-refractivity contribution in [1.29, 1.82) is 0 Å². The molecule has 1 aromatic heterocycles. The molecule has 0 aliphatic carbocycles. The maximum absolute atomic E-state index is 10.5. The Morgan fingerprint density at radius 2 is 2.00 bits per heavy atom. The number of carbonyl (C=O) groups is 1. The molecule has 0 N–H and O–H groups in total. The van der Waals surface area contributed by atoms with Crippen LogP contribution in [0.25, 0.3) is 0 Å². The normalized spacial score (nSPS) is 9.93. The Bertz CT molecular complexity index is 479. The lowest BCUT2D eigenvalue weighted by molar-refractivity contribution is 0.112. The first-order chi connectivity index (χ1) is 7.29. The first kappa shape index (κ1) is 10.2. The molecule has 0 atom stereocenters. The fraction of sp³-hybridized carbons (Fsp3) is 0. The molecule has 0 saturated heterocycles. The third-order valence-electron chi connectivity index (χ3n) is 1.77. The summed E-state index contributed by atoms with van der Waals surface area (Å²) in [4.78, 5) is 11.1.